The first-order chi connectivity index (χ1) is 13.6. The Kier molecular flexibility index (Phi) is 5.73. The SMILES string of the molecule is COc1ccc2c(c1)C(=O)NCC1(CCC(=O)N(CC(=O)NC(C)(C)C)CC1)O2. The fraction of sp³-hybridized carbons (Fsp3) is 0.571. The quantitative estimate of drug-likeness (QED) is 0.797. The van der Waals surface area contributed by atoms with E-state index in [0.717, 1.165) is 0 Å². The van der Waals surface area contributed by atoms with Crippen molar-refractivity contribution in [3.8, 4) is 11.5 Å². The molecule has 2 N–H and O–H groups in total. The summed E-state index contributed by atoms with van der Waals surface area (Å²) in [4.78, 5) is 39.0. The Balaban J connectivity index is 1.75. The Labute approximate surface area is 170 Å². The van der Waals surface area contributed by atoms with Gasteiger partial charge in [0, 0.05) is 24.9 Å². The second-order valence-corrected chi connectivity index (χ2v) is 8.69. The van der Waals surface area contributed by atoms with Crippen molar-refractivity contribution >= 4 is 17.7 Å². The first-order valence-corrected chi connectivity index (χ1v) is 9.85. The minimum absolute atomic E-state index is 0.0202. The molecule has 1 aromatic rings. The van der Waals surface area contributed by atoms with E-state index in [9.17, 15) is 14.4 Å². The summed E-state index contributed by atoms with van der Waals surface area (Å²) in [5.41, 5.74) is -0.634. The molecule has 3 amide bonds. The van der Waals surface area contributed by atoms with Gasteiger partial charge in [0.1, 0.15) is 17.1 Å². The summed E-state index contributed by atoms with van der Waals surface area (Å²) in [5, 5.41) is 5.80. The normalized spacial score (nSPS) is 22.1. The predicted molar refractivity (Wildman–Crippen MR) is 107 cm³/mol. The van der Waals surface area contributed by atoms with Gasteiger partial charge in [-0.05, 0) is 45.4 Å². The van der Waals surface area contributed by atoms with Gasteiger partial charge < -0.3 is 25.0 Å². The third kappa shape index (κ3) is 4.99. The number of carbonyl (C=O) groups excluding carboxylic acids is 3. The molecule has 2 aliphatic rings. The third-order valence-electron chi connectivity index (χ3n) is 5.16. The molecule has 0 aliphatic carbocycles. The van der Waals surface area contributed by atoms with E-state index in [1.807, 2.05) is 20.8 Å². The van der Waals surface area contributed by atoms with Crippen molar-refractivity contribution in [3.63, 3.8) is 0 Å². The largest absolute Gasteiger partial charge is 0.497 e. The molecule has 8 nitrogen and oxygen atoms in total. The Morgan fingerprint density at radius 2 is 2.07 bits per heavy atom. The number of amides is 3. The number of hydrogen-bond acceptors (Lipinski definition) is 5. The summed E-state index contributed by atoms with van der Waals surface area (Å²) in [6.07, 6.45) is 1.24. The van der Waals surface area contributed by atoms with Crippen LogP contribution in [0.3, 0.4) is 0 Å². The molecule has 0 radical (unpaired) electrons. The molecule has 1 unspecified atom stereocenters. The van der Waals surface area contributed by atoms with Gasteiger partial charge in [0.05, 0.1) is 25.8 Å². The highest BCUT2D eigenvalue weighted by atomic mass is 16.5. The molecule has 2 aliphatic heterocycles. The van der Waals surface area contributed by atoms with E-state index in [1.54, 1.807) is 30.2 Å². The molecule has 2 heterocycles. The zero-order valence-corrected chi connectivity index (χ0v) is 17.5. The van der Waals surface area contributed by atoms with Gasteiger partial charge in [-0.1, -0.05) is 0 Å². The van der Waals surface area contributed by atoms with Crippen LogP contribution in [0, 0.1) is 0 Å². The maximum absolute atomic E-state index is 12.6. The second-order valence-electron chi connectivity index (χ2n) is 8.69. The Bertz CT molecular complexity index is 817. The second kappa shape index (κ2) is 7.93. The van der Waals surface area contributed by atoms with Crippen LogP contribution in [0.4, 0.5) is 0 Å². The highest BCUT2D eigenvalue weighted by Gasteiger charge is 2.40. The zero-order valence-electron chi connectivity index (χ0n) is 17.5. The average molecular weight is 403 g/mol. The minimum atomic E-state index is -0.694. The lowest BCUT2D eigenvalue weighted by Crippen LogP contribution is -2.48. The fourth-order valence-electron chi connectivity index (χ4n) is 3.67. The molecule has 8 heteroatoms. The van der Waals surface area contributed by atoms with Gasteiger partial charge in [0.2, 0.25) is 11.8 Å². The van der Waals surface area contributed by atoms with Crippen LogP contribution >= 0.6 is 0 Å². The van der Waals surface area contributed by atoms with Crippen molar-refractivity contribution in [1.82, 2.24) is 15.5 Å². The van der Waals surface area contributed by atoms with Gasteiger partial charge >= 0.3 is 0 Å². The van der Waals surface area contributed by atoms with Crippen molar-refractivity contribution in [2.45, 2.75) is 51.2 Å². The molecular weight excluding hydrogens is 374 g/mol. The van der Waals surface area contributed by atoms with Gasteiger partial charge in [-0.2, -0.15) is 0 Å². The van der Waals surface area contributed by atoms with Crippen LogP contribution < -0.4 is 20.1 Å². The number of carbonyl (C=O) groups is 3. The number of nitrogens with one attached hydrogen (secondary N) is 2. The van der Waals surface area contributed by atoms with Gasteiger partial charge in [-0.25, -0.2) is 0 Å². The van der Waals surface area contributed by atoms with Crippen molar-refractivity contribution in [3.05, 3.63) is 23.8 Å². The number of fused-ring (bicyclic) bond motifs is 1. The number of likely N-dealkylation sites (tertiary alicyclic amines) is 1. The smallest absolute Gasteiger partial charge is 0.255 e. The number of hydrogen-bond donors (Lipinski definition) is 2. The van der Waals surface area contributed by atoms with Gasteiger partial charge in [0.25, 0.3) is 5.91 Å². The van der Waals surface area contributed by atoms with Crippen LogP contribution in [0.25, 0.3) is 0 Å². The maximum Gasteiger partial charge on any atom is 0.255 e. The van der Waals surface area contributed by atoms with Crippen LogP contribution in [0.2, 0.25) is 0 Å². The van der Waals surface area contributed by atoms with E-state index in [2.05, 4.69) is 10.6 Å². The lowest BCUT2D eigenvalue weighted by atomic mass is 9.94. The van der Waals surface area contributed by atoms with Crippen molar-refractivity contribution in [2.24, 2.45) is 0 Å². The number of methoxy groups -OCH3 is 1. The summed E-state index contributed by atoms with van der Waals surface area (Å²) in [6.45, 7) is 6.41. The first kappa shape index (κ1) is 21.0. The summed E-state index contributed by atoms with van der Waals surface area (Å²) in [5.74, 6) is 0.555. The van der Waals surface area contributed by atoms with Gasteiger partial charge in [-0.3, -0.25) is 14.4 Å². The molecule has 0 bridgehead atoms. The van der Waals surface area contributed by atoms with Gasteiger partial charge in [0.15, 0.2) is 0 Å². The molecule has 29 heavy (non-hydrogen) atoms. The van der Waals surface area contributed by atoms with Crippen LogP contribution in [0.5, 0.6) is 11.5 Å². The highest BCUT2D eigenvalue weighted by Crippen LogP contribution is 2.34. The molecule has 1 spiro atoms. The maximum atomic E-state index is 12.6. The van der Waals surface area contributed by atoms with E-state index in [-0.39, 0.29) is 36.2 Å². The molecule has 1 aromatic carbocycles. The van der Waals surface area contributed by atoms with Crippen LogP contribution in [0.1, 0.15) is 50.4 Å². The molecule has 1 fully saturated rings. The number of ether oxygens (including phenoxy) is 2. The monoisotopic (exact) mass is 403 g/mol. The van der Waals surface area contributed by atoms with Crippen molar-refractivity contribution < 1.29 is 23.9 Å². The molecule has 0 aromatic heterocycles. The molecule has 0 saturated carbocycles. The minimum Gasteiger partial charge on any atom is -0.497 e. The van der Waals surface area contributed by atoms with E-state index in [1.165, 1.54) is 0 Å². The van der Waals surface area contributed by atoms with Crippen molar-refractivity contribution in [2.75, 3.05) is 26.7 Å². The summed E-state index contributed by atoms with van der Waals surface area (Å²) in [7, 11) is 1.54. The predicted octanol–water partition coefficient (Wildman–Crippen LogP) is 1.48. The standard InChI is InChI=1S/C21H29N3O5/c1-20(2,3)23-17(25)12-24-10-9-21(8-7-18(24)26)13-22-19(27)15-11-14(28-4)5-6-16(15)29-21/h5-6,11H,7-10,12-13H2,1-4H3,(H,22,27)(H,23,25). The number of nitrogens with zero attached hydrogens (tertiary/aromatic N) is 1. The van der Waals surface area contributed by atoms with E-state index >= 15 is 0 Å². The zero-order chi connectivity index (χ0) is 21.2. The molecule has 1 saturated heterocycles. The van der Waals surface area contributed by atoms with Crippen LogP contribution in [-0.4, -0.2) is 60.5 Å². The van der Waals surface area contributed by atoms with Crippen molar-refractivity contribution in [1.29, 1.82) is 0 Å². The molecule has 158 valence electrons. The molecule has 1 atom stereocenters. The molecular formula is C21H29N3O5. The van der Waals surface area contributed by atoms with Gasteiger partial charge in [-0.15, -0.1) is 0 Å². The summed E-state index contributed by atoms with van der Waals surface area (Å²) < 4.78 is 11.5. The van der Waals surface area contributed by atoms with E-state index in [4.69, 9.17) is 9.47 Å². The number of rotatable bonds is 3. The van der Waals surface area contributed by atoms with Crippen LogP contribution in [-0.2, 0) is 9.59 Å². The lowest BCUT2D eigenvalue weighted by Gasteiger charge is -2.32. The van der Waals surface area contributed by atoms with Crippen LogP contribution in [0.15, 0.2) is 18.2 Å². The topological polar surface area (TPSA) is 97.0 Å². The Morgan fingerprint density at radius 1 is 1.31 bits per heavy atom. The number of benzene rings is 1. The fourth-order valence-corrected chi connectivity index (χ4v) is 3.67. The van der Waals surface area contributed by atoms with E-state index in [0.29, 0.717) is 43.0 Å². The summed E-state index contributed by atoms with van der Waals surface area (Å²) in [6, 6.07) is 5.12. The third-order valence-corrected chi connectivity index (χ3v) is 5.16. The first-order valence-electron chi connectivity index (χ1n) is 9.85. The molecule has 3 rings (SSSR count). The Hall–Kier alpha value is -2.77. The highest BCUT2D eigenvalue weighted by molar-refractivity contribution is 5.97. The average Bonchev–Trinajstić information content (AvgIpc) is 2.88. The Morgan fingerprint density at radius 3 is 2.76 bits per heavy atom. The van der Waals surface area contributed by atoms with E-state index < -0.39 is 5.60 Å². The lowest BCUT2D eigenvalue weighted by molar-refractivity contribution is -0.136. The summed E-state index contributed by atoms with van der Waals surface area (Å²) >= 11 is 0.